The van der Waals surface area contributed by atoms with Crippen molar-refractivity contribution < 1.29 is 14.6 Å². The number of rotatable bonds is 9. The lowest BCUT2D eigenvalue weighted by Crippen LogP contribution is -2.43. The second-order valence-electron chi connectivity index (χ2n) is 4.74. The normalized spacial score (nSPS) is 12.4. The molecule has 0 radical (unpaired) electrons. The Hall–Kier alpha value is -1.39. The Labute approximate surface area is 121 Å². The first-order chi connectivity index (χ1) is 9.72. The van der Waals surface area contributed by atoms with Crippen molar-refractivity contribution in [1.29, 1.82) is 0 Å². The number of esters is 1. The fourth-order valence-electron chi connectivity index (χ4n) is 2.25. The highest BCUT2D eigenvalue weighted by Crippen LogP contribution is 2.14. The zero-order valence-corrected chi connectivity index (χ0v) is 12.4. The standard InChI is InChI=1S/C16H25NO3/c1-3-8-15(16(19)20-4-2)17(11-12-18)13-14-9-6-5-7-10-14/h5-7,9-10,15,18H,3-4,8,11-13H2,1-2H3. The second kappa shape index (κ2) is 9.50. The highest BCUT2D eigenvalue weighted by atomic mass is 16.5. The summed E-state index contributed by atoms with van der Waals surface area (Å²) >= 11 is 0. The number of benzene rings is 1. The predicted molar refractivity (Wildman–Crippen MR) is 79.3 cm³/mol. The zero-order valence-electron chi connectivity index (χ0n) is 12.4. The van der Waals surface area contributed by atoms with E-state index in [0.717, 1.165) is 18.4 Å². The molecule has 0 aliphatic heterocycles. The summed E-state index contributed by atoms with van der Waals surface area (Å²) < 4.78 is 5.16. The van der Waals surface area contributed by atoms with E-state index in [0.29, 0.717) is 19.7 Å². The summed E-state index contributed by atoms with van der Waals surface area (Å²) in [6, 6.07) is 9.69. The van der Waals surface area contributed by atoms with E-state index in [2.05, 4.69) is 0 Å². The first-order valence-electron chi connectivity index (χ1n) is 7.28. The topological polar surface area (TPSA) is 49.8 Å². The molecule has 112 valence electrons. The van der Waals surface area contributed by atoms with Gasteiger partial charge in [0.2, 0.25) is 0 Å². The molecule has 1 N–H and O–H groups in total. The summed E-state index contributed by atoms with van der Waals surface area (Å²) in [5.74, 6) is -0.196. The third-order valence-corrected chi connectivity index (χ3v) is 3.18. The fraction of sp³-hybridized carbons (Fsp3) is 0.562. The van der Waals surface area contributed by atoms with Crippen LogP contribution < -0.4 is 0 Å². The maximum atomic E-state index is 12.1. The van der Waals surface area contributed by atoms with E-state index in [9.17, 15) is 9.90 Å². The van der Waals surface area contributed by atoms with E-state index in [-0.39, 0.29) is 18.6 Å². The number of aliphatic hydroxyl groups is 1. The summed E-state index contributed by atoms with van der Waals surface area (Å²) in [7, 11) is 0. The minimum absolute atomic E-state index is 0.0342. The molecule has 0 spiro atoms. The molecule has 1 aromatic carbocycles. The first kappa shape index (κ1) is 16.7. The third kappa shape index (κ3) is 5.31. The van der Waals surface area contributed by atoms with Gasteiger partial charge in [-0.1, -0.05) is 43.7 Å². The van der Waals surface area contributed by atoms with Gasteiger partial charge >= 0.3 is 5.97 Å². The molecule has 1 aromatic rings. The second-order valence-corrected chi connectivity index (χ2v) is 4.74. The van der Waals surface area contributed by atoms with Crippen LogP contribution in [0.2, 0.25) is 0 Å². The third-order valence-electron chi connectivity index (χ3n) is 3.18. The van der Waals surface area contributed by atoms with Crippen molar-refractivity contribution in [3.05, 3.63) is 35.9 Å². The number of nitrogens with zero attached hydrogens (tertiary/aromatic N) is 1. The monoisotopic (exact) mass is 279 g/mol. The van der Waals surface area contributed by atoms with Gasteiger partial charge in [-0.05, 0) is 18.9 Å². The highest BCUT2D eigenvalue weighted by Gasteiger charge is 2.26. The van der Waals surface area contributed by atoms with Crippen LogP contribution >= 0.6 is 0 Å². The molecule has 0 aliphatic rings. The fourth-order valence-corrected chi connectivity index (χ4v) is 2.25. The van der Waals surface area contributed by atoms with E-state index in [1.807, 2.05) is 49.1 Å². The molecule has 0 aliphatic carbocycles. The molecule has 1 atom stereocenters. The molecule has 0 bridgehead atoms. The number of hydrogen-bond acceptors (Lipinski definition) is 4. The maximum Gasteiger partial charge on any atom is 0.323 e. The summed E-state index contributed by atoms with van der Waals surface area (Å²) in [5.41, 5.74) is 1.13. The number of aliphatic hydroxyl groups excluding tert-OH is 1. The quantitative estimate of drug-likeness (QED) is 0.704. The molecular formula is C16H25NO3. The highest BCUT2D eigenvalue weighted by molar-refractivity contribution is 5.75. The van der Waals surface area contributed by atoms with Crippen molar-refractivity contribution in [3.8, 4) is 0 Å². The predicted octanol–water partition coefficient (Wildman–Crippen LogP) is 2.21. The molecular weight excluding hydrogens is 254 g/mol. The van der Waals surface area contributed by atoms with E-state index >= 15 is 0 Å². The summed E-state index contributed by atoms with van der Waals surface area (Å²) in [6.07, 6.45) is 1.64. The molecule has 20 heavy (non-hydrogen) atoms. The van der Waals surface area contributed by atoms with Crippen LogP contribution in [0.15, 0.2) is 30.3 Å². The Morgan fingerprint density at radius 2 is 2.00 bits per heavy atom. The van der Waals surface area contributed by atoms with Crippen LogP contribution in [0.5, 0.6) is 0 Å². The molecule has 0 fully saturated rings. The Morgan fingerprint density at radius 3 is 2.55 bits per heavy atom. The van der Waals surface area contributed by atoms with E-state index < -0.39 is 0 Å². The lowest BCUT2D eigenvalue weighted by molar-refractivity contribution is -0.150. The van der Waals surface area contributed by atoms with Crippen LogP contribution in [0.4, 0.5) is 0 Å². The molecule has 4 heteroatoms. The Kier molecular flexibility index (Phi) is 7.92. The van der Waals surface area contributed by atoms with Gasteiger partial charge < -0.3 is 9.84 Å². The van der Waals surface area contributed by atoms with Gasteiger partial charge in [-0.2, -0.15) is 0 Å². The van der Waals surface area contributed by atoms with Gasteiger partial charge in [0.15, 0.2) is 0 Å². The first-order valence-corrected chi connectivity index (χ1v) is 7.28. The van der Waals surface area contributed by atoms with Gasteiger partial charge in [0.25, 0.3) is 0 Å². The average Bonchev–Trinajstić information content (AvgIpc) is 2.46. The minimum Gasteiger partial charge on any atom is -0.465 e. The average molecular weight is 279 g/mol. The number of ether oxygens (including phenoxy) is 1. The molecule has 0 saturated heterocycles. The minimum atomic E-state index is -0.285. The summed E-state index contributed by atoms with van der Waals surface area (Å²) in [5, 5.41) is 9.25. The van der Waals surface area contributed by atoms with Crippen molar-refractivity contribution in [2.75, 3.05) is 19.8 Å². The lowest BCUT2D eigenvalue weighted by Gasteiger charge is -2.29. The Balaban J connectivity index is 2.81. The van der Waals surface area contributed by atoms with Crippen LogP contribution in [-0.2, 0) is 16.1 Å². The zero-order chi connectivity index (χ0) is 14.8. The van der Waals surface area contributed by atoms with Crippen LogP contribution in [0.25, 0.3) is 0 Å². The molecule has 0 saturated carbocycles. The van der Waals surface area contributed by atoms with Gasteiger partial charge in [-0.25, -0.2) is 0 Å². The molecule has 0 heterocycles. The number of carbonyl (C=O) groups excluding carboxylic acids is 1. The van der Waals surface area contributed by atoms with Crippen molar-refractivity contribution >= 4 is 5.97 Å². The molecule has 0 amide bonds. The SMILES string of the molecule is CCCC(C(=O)OCC)N(CCO)Cc1ccccc1. The van der Waals surface area contributed by atoms with Crippen LogP contribution in [0.1, 0.15) is 32.3 Å². The van der Waals surface area contributed by atoms with E-state index in [4.69, 9.17) is 4.74 Å². The van der Waals surface area contributed by atoms with Crippen LogP contribution in [0, 0.1) is 0 Å². The van der Waals surface area contributed by atoms with E-state index in [1.165, 1.54) is 0 Å². The lowest BCUT2D eigenvalue weighted by atomic mass is 10.1. The van der Waals surface area contributed by atoms with Gasteiger partial charge in [-0.15, -0.1) is 0 Å². The maximum absolute atomic E-state index is 12.1. The number of carbonyl (C=O) groups is 1. The van der Waals surface area contributed by atoms with Crippen molar-refractivity contribution in [2.45, 2.75) is 39.3 Å². The van der Waals surface area contributed by atoms with Gasteiger partial charge in [0.1, 0.15) is 6.04 Å². The van der Waals surface area contributed by atoms with Gasteiger partial charge in [0, 0.05) is 13.1 Å². The van der Waals surface area contributed by atoms with Crippen molar-refractivity contribution in [3.63, 3.8) is 0 Å². The van der Waals surface area contributed by atoms with Crippen LogP contribution in [0.3, 0.4) is 0 Å². The summed E-state index contributed by atoms with van der Waals surface area (Å²) in [4.78, 5) is 14.1. The van der Waals surface area contributed by atoms with Gasteiger partial charge in [-0.3, -0.25) is 9.69 Å². The Bertz CT molecular complexity index is 381. The molecule has 1 unspecified atom stereocenters. The van der Waals surface area contributed by atoms with Gasteiger partial charge in [0.05, 0.1) is 13.2 Å². The molecule has 0 aromatic heterocycles. The molecule has 1 rings (SSSR count). The van der Waals surface area contributed by atoms with Crippen molar-refractivity contribution in [1.82, 2.24) is 4.90 Å². The molecule has 4 nitrogen and oxygen atoms in total. The largest absolute Gasteiger partial charge is 0.465 e. The van der Waals surface area contributed by atoms with E-state index in [1.54, 1.807) is 0 Å². The van der Waals surface area contributed by atoms with Crippen molar-refractivity contribution in [2.24, 2.45) is 0 Å². The number of hydrogen-bond donors (Lipinski definition) is 1. The summed E-state index contributed by atoms with van der Waals surface area (Å²) in [6.45, 7) is 5.40. The Morgan fingerprint density at radius 1 is 1.30 bits per heavy atom. The van der Waals surface area contributed by atoms with Crippen LogP contribution in [-0.4, -0.2) is 41.8 Å². The smallest absolute Gasteiger partial charge is 0.323 e.